The molecule has 130 valence electrons. The average Bonchev–Trinajstić information content (AvgIpc) is 2.94. The highest BCUT2D eigenvalue weighted by molar-refractivity contribution is 7.88. The molecule has 0 bridgehead atoms. The molecule has 0 aromatic carbocycles. The maximum Gasteiger partial charge on any atom is 0.322 e. The molecule has 2 rings (SSSR count). The molecule has 1 aliphatic rings. The van der Waals surface area contributed by atoms with Crippen molar-refractivity contribution in [3.63, 3.8) is 0 Å². The Kier molecular flexibility index (Phi) is 6.00. The smallest absolute Gasteiger partial charge is 0.322 e. The van der Waals surface area contributed by atoms with E-state index in [2.05, 4.69) is 15.1 Å². The maximum atomic E-state index is 12.5. The molecule has 2 heterocycles. The summed E-state index contributed by atoms with van der Waals surface area (Å²) in [5.74, 6) is 0. The Bertz CT molecular complexity index is 628. The van der Waals surface area contributed by atoms with E-state index in [-0.39, 0.29) is 12.1 Å². The van der Waals surface area contributed by atoms with Crippen molar-refractivity contribution in [1.82, 2.24) is 19.4 Å². The number of aryl methyl sites for hydroxylation is 1. The predicted octanol–water partition coefficient (Wildman–Crippen LogP) is 1.23. The van der Waals surface area contributed by atoms with Gasteiger partial charge < -0.3 is 10.2 Å². The second-order valence-corrected chi connectivity index (χ2v) is 7.65. The van der Waals surface area contributed by atoms with Crippen molar-refractivity contribution in [3.05, 3.63) is 12.4 Å². The van der Waals surface area contributed by atoms with Crippen LogP contribution in [0.5, 0.6) is 0 Å². The molecule has 1 saturated heterocycles. The second-order valence-electron chi connectivity index (χ2n) is 5.81. The fraction of sp³-hybridized carbons (Fsp3) is 0.714. The van der Waals surface area contributed by atoms with Crippen LogP contribution in [0.2, 0.25) is 0 Å². The number of aromatic nitrogens is 2. The zero-order valence-electron chi connectivity index (χ0n) is 13.7. The van der Waals surface area contributed by atoms with Crippen LogP contribution in [-0.4, -0.2) is 54.5 Å². The van der Waals surface area contributed by atoms with E-state index < -0.39 is 10.0 Å². The third kappa shape index (κ3) is 5.51. The Labute approximate surface area is 137 Å². The van der Waals surface area contributed by atoms with Gasteiger partial charge in [0.15, 0.2) is 0 Å². The molecule has 1 aromatic heterocycles. The fourth-order valence-electron chi connectivity index (χ4n) is 2.78. The largest absolute Gasteiger partial charge is 0.322 e. The monoisotopic (exact) mass is 343 g/mol. The Hall–Kier alpha value is -1.61. The summed E-state index contributed by atoms with van der Waals surface area (Å²) in [6, 6.07) is -0.0936. The van der Waals surface area contributed by atoms with Gasteiger partial charge >= 0.3 is 6.03 Å². The normalized spacial score (nSPS) is 18.9. The number of hydrogen-bond acceptors (Lipinski definition) is 4. The van der Waals surface area contributed by atoms with Crippen LogP contribution in [0, 0.1) is 0 Å². The number of amides is 2. The van der Waals surface area contributed by atoms with Crippen molar-refractivity contribution in [2.45, 2.75) is 45.2 Å². The van der Waals surface area contributed by atoms with Crippen LogP contribution >= 0.6 is 0 Å². The quantitative estimate of drug-likeness (QED) is 0.812. The van der Waals surface area contributed by atoms with Gasteiger partial charge in [-0.25, -0.2) is 17.9 Å². The first-order chi connectivity index (χ1) is 10.9. The summed E-state index contributed by atoms with van der Waals surface area (Å²) in [7, 11) is -3.19. The Morgan fingerprint density at radius 3 is 2.87 bits per heavy atom. The van der Waals surface area contributed by atoms with E-state index in [1.165, 1.54) is 0 Å². The first kappa shape index (κ1) is 17.7. The van der Waals surface area contributed by atoms with Crippen molar-refractivity contribution < 1.29 is 13.2 Å². The minimum absolute atomic E-state index is 0.0548. The lowest BCUT2D eigenvalue weighted by molar-refractivity contribution is 0.158. The molecule has 0 unspecified atom stereocenters. The number of nitrogens with zero attached hydrogens (tertiary/aromatic N) is 3. The van der Waals surface area contributed by atoms with Crippen LogP contribution in [0.4, 0.5) is 10.5 Å². The number of urea groups is 1. The molecule has 1 atom stereocenters. The number of carbonyl (C=O) groups is 1. The van der Waals surface area contributed by atoms with Gasteiger partial charge in [0.2, 0.25) is 10.0 Å². The number of rotatable bonds is 6. The number of nitrogens with one attached hydrogen (secondary N) is 2. The number of anilines is 1. The van der Waals surface area contributed by atoms with Gasteiger partial charge in [0.25, 0.3) is 0 Å². The molecule has 2 amide bonds. The number of piperidine rings is 1. The minimum atomic E-state index is -3.19. The van der Waals surface area contributed by atoms with E-state index >= 15 is 0 Å². The van der Waals surface area contributed by atoms with Gasteiger partial charge in [-0.1, -0.05) is 0 Å². The molecule has 0 spiro atoms. The second kappa shape index (κ2) is 7.78. The van der Waals surface area contributed by atoms with E-state index in [4.69, 9.17) is 0 Å². The van der Waals surface area contributed by atoms with Gasteiger partial charge in [-0.2, -0.15) is 5.10 Å². The van der Waals surface area contributed by atoms with Gasteiger partial charge in [-0.3, -0.25) is 4.68 Å². The molecule has 1 fully saturated rings. The molecular weight excluding hydrogens is 318 g/mol. The Morgan fingerprint density at radius 1 is 1.43 bits per heavy atom. The van der Waals surface area contributed by atoms with Gasteiger partial charge in [0.05, 0.1) is 18.1 Å². The average molecular weight is 343 g/mol. The first-order valence-electron chi connectivity index (χ1n) is 7.93. The maximum absolute atomic E-state index is 12.5. The van der Waals surface area contributed by atoms with Crippen LogP contribution in [0.15, 0.2) is 12.4 Å². The minimum Gasteiger partial charge on any atom is -0.322 e. The number of carbonyl (C=O) groups excluding carboxylic acids is 1. The molecular formula is C14H25N5O3S. The van der Waals surface area contributed by atoms with Gasteiger partial charge in [0, 0.05) is 31.9 Å². The SMILES string of the molecule is CCn1cc(NC(=O)N2CCCC[C@H]2CCNS(C)(=O)=O)cn1. The lowest BCUT2D eigenvalue weighted by atomic mass is 10.00. The van der Waals surface area contributed by atoms with Crippen molar-refractivity contribution in [1.29, 1.82) is 0 Å². The van der Waals surface area contributed by atoms with Crippen molar-refractivity contribution >= 4 is 21.7 Å². The molecule has 0 radical (unpaired) electrons. The lowest BCUT2D eigenvalue weighted by Crippen LogP contribution is -2.47. The van der Waals surface area contributed by atoms with Crippen LogP contribution in [0.25, 0.3) is 0 Å². The van der Waals surface area contributed by atoms with Crippen molar-refractivity contribution in [2.75, 3.05) is 24.7 Å². The van der Waals surface area contributed by atoms with Crippen LogP contribution in [-0.2, 0) is 16.6 Å². The topological polar surface area (TPSA) is 96.3 Å². The highest BCUT2D eigenvalue weighted by atomic mass is 32.2. The van der Waals surface area contributed by atoms with Crippen molar-refractivity contribution in [2.24, 2.45) is 0 Å². The molecule has 23 heavy (non-hydrogen) atoms. The summed E-state index contributed by atoms with van der Waals surface area (Å²) >= 11 is 0. The highest BCUT2D eigenvalue weighted by Gasteiger charge is 2.26. The zero-order chi connectivity index (χ0) is 16.9. The zero-order valence-corrected chi connectivity index (χ0v) is 14.5. The van der Waals surface area contributed by atoms with Gasteiger partial charge in [-0.05, 0) is 32.6 Å². The van der Waals surface area contributed by atoms with E-state index in [1.54, 1.807) is 22.0 Å². The highest BCUT2D eigenvalue weighted by Crippen LogP contribution is 2.20. The fourth-order valence-corrected chi connectivity index (χ4v) is 3.26. The standard InChI is InChI=1S/C14H25N5O3S/c1-3-18-11-12(10-15-18)17-14(20)19-9-5-4-6-13(19)7-8-16-23(2,21)22/h10-11,13,16H,3-9H2,1-2H3,(H,17,20)/t13-/m0/s1. The van der Waals surface area contributed by atoms with Gasteiger partial charge in [-0.15, -0.1) is 0 Å². The Morgan fingerprint density at radius 2 is 2.22 bits per heavy atom. The molecule has 1 aromatic rings. The van der Waals surface area contributed by atoms with Crippen LogP contribution in [0.1, 0.15) is 32.6 Å². The molecule has 1 aliphatic heterocycles. The summed E-state index contributed by atoms with van der Waals surface area (Å²) in [5, 5.41) is 7.00. The molecule has 0 saturated carbocycles. The van der Waals surface area contributed by atoms with E-state index in [0.29, 0.717) is 25.2 Å². The Balaban J connectivity index is 1.92. The molecule has 9 heteroatoms. The number of likely N-dealkylation sites (tertiary alicyclic amines) is 1. The third-order valence-electron chi connectivity index (χ3n) is 3.94. The summed E-state index contributed by atoms with van der Waals surface area (Å²) in [4.78, 5) is 14.3. The van der Waals surface area contributed by atoms with E-state index in [9.17, 15) is 13.2 Å². The summed E-state index contributed by atoms with van der Waals surface area (Å²) in [5.41, 5.74) is 0.676. The summed E-state index contributed by atoms with van der Waals surface area (Å²) in [6.45, 7) is 3.77. The molecule has 8 nitrogen and oxygen atoms in total. The molecule has 0 aliphatic carbocycles. The van der Waals surface area contributed by atoms with Crippen LogP contribution in [0.3, 0.4) is 0 Å². The lowest BCUT2D eigenvalue weighted by Gasteiger charge is -2.35. The first-order valence-corrected chi connectivity index (χ1v) is 9.83. The number of sulfonamides is 1. The number of hydrogen-bond donors (Lipinski definition) is 2. The van der Waals surface area contributed by atoms with Crippen molar-refractivity contribution in [3.8, 4) is 0 Å². The third-order valence-corrected chi connectivity index (χ3v) is 4.67. The summed E-state index contributed by atoms with van der Waals surface area (Å²) in [6.07, 6.45) is 8.11. The van der Waals surface area contributed by atoms with E-state index in [0.717, 1.165) is 32.1 Å². The molecule has 2 N–H and O–H groups in total. The van der Waals surface area contributed by atoms with Gasteiger partial charge in [0.1, 0.15) is 0 Å². The van der Waals surface area contributed by atoms with Crippen LogP contribution < -0.4 is 10.0 Å². The predicted molar refractivity (Wildman–Crippen MR) is 88.7 cm³/mol. The summed E-state index contributed by atoms with van der Waals surface area (Å²) < 4.78 is 26.5. The van der Waals surface area contributed by atoms with E-state index in [1.807, 2.05) is 6.92 Å².